The third-order valence-corrected chi connectivity index (χ3v) is 4.56. The molecule has 1 saturated heterocycles. The van der Waals surface area contributed by atoms with Gasteiger partial charge in [0.25, 0.3) is 0 Å². The van der Waals surface area contributed by atoms with Gasteiger partial charge in [0.05, 0.1) is 5.69 Å². The summed E-state index contributed by atoms with van der Waals surface area (Å²) >= 11 is 0. The number of carbonyl (C=O) groups excluding carboxylic acids is 1. The molecule has 0 aromatic heterocycles. The molecule has 1 aliphatic rings. The number of halogens is 1. The zero-order valence-electron chi connectivity index (χ0n) is 10.3. The number of likely N-dealkylation sites (N-methyl/N-ethyl adjacent to an activating group) is 1. The molecule has 8 heteroatoms. The summed E-state index contributed by atoms with van der Waals surface area (Å²) in [4.78, 5) is 12.7. The van der Waals surface area contributed by atoms with Crippen molar-refractivity contribution in [2.45, 2.75) is 17.4 Å². The summed E-state index contributed by atoms with van der Waals surface area (Å²) in [5.74, 6) is -1.11. The highest BCUT2D eigenvalue weighted by atomic mass is 32.2. The van der Waals surface area contributed by atoms with Gasteiger partial charge in [0.2, 0.25) is 15.9 Å². The molecule has 0 saturated carbocycles. The summed E-state index contributed by atoms with van der Waals surface area (Å²) in [6.07, 6.45) is 0.379. The lowest BCUT2D eigenvalue weighted by atomic mass is 10.3. The second-order valence-corrected chi connectivity index (χ2v) is 6.06. The summed E-state index contributed by atoms with van der Waals surface area (Å²) in [5, 5.41) is 0. The van der Waals surface area contributed by atoms with Crippen molar-refractivity contribution in [3.05, 3.63) is 24.0 Å². The molecule has 1 fully saturated rings. The van der Waals surface area contributed by atoms with Gasteiger partial charge in [0.15, 0.2) is 0 Å². The van der Waals surface area contributed by atoms with E-state index in [4.69, 9.17) is 5.73 Å². The standard InChI is InChI=1S/C11H14FN3O3S/c1-15-6-5-8(11(15)16)14-19(17,18)9-4-2-3-7(12)10(9)13/h2-4,8,14H,5-6,13H2,1H3. The number of amides is 1. The second-order valence-electron chi connectivity index (χ2n) is 4.37. The Labute approximate surface area is 110 Å². The van der Waals surface area contributed by atoms with Crippen molar-refractivity contribution in [1.29, 1.82) is 0 Å². The average molecular weight is 287 g/mol. The molecule has 1 aliphatic heterocycles. The van der Waals surface area contributed by atoms with E-state index < -0.39 is 27.6 Å². The minimum absolute atomic E-state index is 0.307. The molecule has 1 unspecified atom stereocenters. The summed E-state index contributed by atoms with van der Waals surface area (Å²) in [6.45, 7) is 0.477. The quantitative estimate of drug-likeness (QED) is 0.760. The van der Waals surface area contributed by atoms with Crippen LogP contribution in [0.2, 0.25) is 0 Å². The average Bonchev–Trinajstić information content (AvgIpc) is 2.64. The molecule has 19 heavy (non-hydrogen) atoms. The molecule has 0 aliphatic carbocycles. The van der Waals surface area contributed by atoms with Gasteiger partial charge in [-0.1, -0.05) is 6.07 Å². The number of para-hydroxylation sites is 1. The Morgan fingerprint density at radius 2 is 2.16 bits per heavy atom. The van der Waals surface area contributed by atoms with E-state index in [-0.39, 0.29) is 10.8 Å². The van der Waals surface area contributed by atoms with Crippen molar-refractivity contribution in [2.24, 2.45) is 0 Å². The van der Waals surface area contributed by atoms with Crippen LogP contribution in [0, 0.1) is 5.82 Å². The predicted octanol–water partition coefficient (Wildman–Crippen LogP) is -0.0831. The van der Waals surface area contributed by atoms with Gasteiger partial charge < -0.3 is 10.6 Å². The minimum Gasteiger partial charge on any atom is -0.395 e. The molecule has 1 aromatic rings. The van der Waals surface area contributed by atoms with Crippen LogP contribution in [0.1, 0.15) is 6.42 Å². The summed E-state index contributed by atoms with van der Waals surface area (Å²) in [7, 11) is -2.43. The first-order chi connectivity index (χ1) is 8.83. The predicted molar refractivity (Wildman–Crippen MR) is 67.2 cm³/mol. The van der Waals surface area contributed by atoms with E-state index in [1.165, 1.54) is 17.0 Å². The molecular formula is C11H14FN3O3S. The number of sulfonamides is 1. The van der Waals surface area contributed by atoms with Crippen LogP contribution in [0.3, 0.4) is 0 Å². The van der Waals surface area contributed by atoms with Crippen molar-refractivity contribution in [2.75, 3.05) is 19.3 Å². The first kappa shape index (κ1) is 13.8. The third kappa shape index (κ3) is 2.54. The van der Waals surface area contributed by atoms with Crippen LogP contribution < -0.4 is 10.5 Å². The number of likely N-dealkylation sites (tertiary alicyclic amines) is 1. The Morgan fingerprint density at radius 1 is 1.47 bits per heavy atom. The minimum atomic E-state index is -4.02. The molecule has 2 rings (SSSR count). The fraction of sp³-hybridized carbons (Fsp3) is 0.364. The van der Waals surface area contributed by atoms with E-state index in [0.717, 1.165) is 6.07 Å². The zero-order chi connectivity index (χ0) is 14.2. The maximum atomic E-state index is 13.3. The largest absolute Gasteiger partial charge is 0.395 e. The van der Waals surface area contributed by atoms with Crippen LogP contribution in [0.5, 0.6) is 0 Å². The number of anilines is 1. The molecular weight excluding hydrogens is 273 g/mol. The molecule has 104 valence electrons. The number of nitrogens with zero attached hydrogens (tertiary/aromatic N) is 1. The topological polar surface area (TPSA) is 92.5 Å². The number of hydrogen-bond acceptors (Lipinski definition) is 4. The summed E-state index contributed by atoms with van der Waals surface area (Å²) < 4.78 is 39.7. The third-order valence-electron chi connectivity index (χ3n) is 3.03. The Hall–Kier alpha value is -1.67. The monoisotopic (exact) mass is 287 g/mol. The fourth-order valence-electron chi connectivity index (χ4n) is 1.93. The molecule has 3 N–H and O–H groups in total. The van der Waals surface area contributed by atoms with Crippen molar-refractivity contribution >= 4 is 21.6 Å². The molecule has 6 nitrogen and oxygen atoms in total. The number of hydrogen-bond donors (Lipinski definition) is 2. The van der Waals surface area contributed by atoms with Gasteiger partial charge in [-0.25, -0.2) is 12.8 Å². The number of nitrogens with two attached hydrogens (primary N) is 1. The maximum Gasteiger partial charge on any atom is 0.243 e. The van der Waals surface area contributed by atoms with Gasteiger partial charge in [0, 0.05) is 13.6 Å². The van der Waals surface area contributed by atoms with Gasteiger partial charge in [-0.3, -0.25) is 4.79 Å². The molecule has 1 heterocycles. The molecule has 0 bridgehead atoms. The molecule has 1 atom stereocenters. The number of rotatable bonds is 3. The van der Waals surface area contributed by atoms with E-state index >= 15 is 0 Å². The molecule has 1 amide bonds. The van der Waals surface area contributed by atoms with Crippen LogP contribution >= 0.6 is 0 Å². The highest BCUT2D eigenvalue weighted by molar-refractivity contribution is 7.89. The number of nitrogens with one attached hydrogen (secondary N) is 1. The Bertz CT molecular complexity index is 618. The van der Waals surface area contributed by atoms with Gasteiger partial charge >= 0.3 is 0 Å². The lowest BCUT2D eigenvalue weighted by Crippen LogP contribution is -2.40. The maximum absolute atomic E-state index is 13.3. The Balaban J connectivity index is 2.29. The Morgan fingerprint density at radius 3 is 2.74 bits per heavy atom. The lowest BCUT2D eigenvalue weighted by molar-refractivity contribution is -0.127. The lowest BCUT2D eigenvalue weighted by Gasteiger charge is -2.14. The summed E-state index contributed by atoms with van der Waals surface area (Å²) in [6, 6.07) is 2.70. The van der Waals surface area contributed by atoms with E-state index in [0.29, 0.717) is 13.0 Å². The van der Waals surface area contributed by atoms with Crippen LogP contribution in [-0.4, -0.2) is 38.9 Å². The van der Waals surface area contributed by atoms with Crippen LogP contribution in [0.25, 0.3) is 0 Å². The van der Waals surface area contributed by atoms with Crippen LogP contribution in [-0.2, 0) is 14.8 Å². The zero-order valence-corrected chi connectivity index (χ0v) is 11.1. The summed E-state index contributed by atoms with van der Waals surface area (Å²) in [5.41, 5.74) is 4.97. The van der Waals surface area contributed by atoms with E-state index in [9.17, 15) is 17.6 Å². The van der Waals surface area contributed by atoms with Crippen LogP contribution in [0.4, 0.5) is 10.1 Å². The SMILES string of the molecule is CN1CCC(NS(=O)(=O)c2cccc(F)c2N)C1=O. The van der Waals surface area contributed by atoms with Gasteiger partial charge in [-0.15, -0.1) is 0 Å². The highest BCUT2D eigenvalue weighted by Crippen LogP contribution is 2.22. The highest BCUT2D eigenvalue weighted by Gasteiger charge is 2.33. The smallest absolute Gasteiger partial charge is 0.243 e. The van der Waals surface area contributed by atoms with Crippen molar-refractivity contribution in [1.82, 2.24) is 9.62 Å². The number of carbonyl (C=O) groups is 1. The van der Waals surface area contributed by atoms with Gasteiger partial charge in [-0.05, 0) is 18.6 Å². The first-order valence-electron chi connectivity index (χ1n) is 5.64. The van der Waals surface area contributed by atoms with Gasteiger partial charge in [-0.2, -0.15) is 4.72 Å². The van der Waals surface area contributed by atoms with E-state index in [2.05, 4.69) is 4.72 Å². The number of nitrogen functional groups attached to an aromatic ring is 1. The van der Waals surface area contributed by atoms with Crippen molar-refractivity contribution < 1.29 is 17.6 Å². The fourth-order valence-corrected chi connectivity index (χ4v) is 3.30. The molecule has 0 radical (unpaired) electrons. The van der Waals surface area contributed by atoms with E-state index in [1.54, 1.807) is 7.05 Å². The number of benzene rings is 1. The normalized spacial score (nSPS) is 20.0. The second kappa shape index (κ2) is 4.78. The van der Waals surface area contributed by atoms with Crippen molar-refractivity contribution in [3.8, 4) is 0 Å². The van der Waals surface area contributed by atoms with Gasteiger partial charge in [0.1, 0.15) is 16.8 Å². The van der Waals surface area contributed by atoms with E-state index in [1.807, 2.05) is 0 Å². The Kier molecular flexibility index (Phi) is 3.46. The molecule has 0 spiro atoms. The first-order valence-corrected chi connectivity index (χ1v) is 7.12. The molecule has 1 aromatic carbocycles. The van der Waals surface area contributed by atoms with Crippen LogP contribution in [0.15, 0.2) is 23.1 Å². The van der Waals surface area contributed by atoms with Crippen molar-refractivity contribution in [3.63, 3.8) is 0 Å².